The van der Waals surface area contributed by atoms with Gasteiger partial charge in [-0.05, 0) is 12.2 Å². The Bertz CT molecular complexity index is 303. The van der Waals surface area contributed by atoms with E-state index in [-0.39, 0.29) is 22.7 Å². The van der Waals surface area contributed by atoms with Crippen molar-refractivity contribution in [1.82, 2.24) is 5.32 Å². The van der Waals surface area contributed by atoms with Crippen LogP contribution in [0.25, 0.3) is 0 Å². The standard InChI is InChI=1S/C6H10ClNO3S2/c1-11-6(12)8-5-3-13(9,10)2-4(5)7/h4-5H,2-3H2,1H3,(H,8,12)/t4-,5-/m1/s1. The van der Waals surface area contributed by atoms with Gasteiger partial charge in [-0.3, -0.25) is 0 Å². The zero-order chi connectivity index (χ0) is 10.1. The number of ether oxygens (including phenoxy) is 1. The predicted molar refractivity (Wildman–Crippen MR) is 54.8 cm³/mol. The molecule has 1 aliphatic rings. The quantitative estimate of drug-likeness (QED) is 0.516. The summed E-state index contributed by atoms with van der Waals surface area (Å²) in [5.41, 5.74) is 0. The molecule has 0 aromatic rings. The molecule has 0 spiro atoms. The summed E-state index contributed by atoms with van der Waals surface area (Å²) in [6.45, 7) is 0. The molecule has 0 amide bonds. The number of halogens is 1. The largest absolute Gasteiger partial charge is 0.474 e. The normalized spacial score (nSPS) is 31.2. The summed E-state index contributed by atoms with van der Waals surface area (Å²) in [4.78, 5) is 0. The lowest BCUT2D eigenvalue weighted by molar-refractivity contribution is 0.385. The number of hydrogen-bond donors (Lipinski definition) is 1. The van der Waals surface area contributed by atoms with Crippen molar-refractivity contribution < 1.29 is 13.2 Å². The molecule has 7 heteroatoms. The highest BCUT2D eigenvalue weighted by molar-refractivity contribution is 7.91. The summed E-state index contributed by atoms with van der Waals surface area (Å²) in [6.07, 6.45) is 0. The summed E-state index contributed by atoms with van der Waals surface area (Å²) in [7, 11) is -1.59. The highest BCUT2D eigenvalue weighted by Crippen LogP contribution is 2.17. The molecule has 13 heavy (non-hydrogen) atoms. The van der Waals surface area contributed by atoms with E-state index in [0.717, 1.165) is 0 Å². The molecule has 1 rings (SSSR count). The monoisotopic (exact) mass is 243 g/mol. The number of rotatable bonds is 1. The molecule has 1 saturated heterocycles. The van der Waals surface area contributed by atoms with Crippen LogP contribution in [0.1, 0.15) is 0 Å². The molecule has 0 radical (unpaired) electrons. The van der Waals surface area contributed by atoms with Crippen LogP contribution in [0, 0.1) is 0 Å². The maximum atomic E-state index is 11.1. The average molecular weight is 244 g/mol. The van der Waals surface area contributed by atoms with E-state index in [1.807, 2.05) is 0 Å². The molecule has 2 atom stereocenters. The van der Waals surface area contributed by atoms with Crippen LogP contribution >= 0.6 is 23.8 Å². The first-order valence-electron chi connectivity index (χ1n) is 3.63. The van der Waals surface area contributed by atoms with Crippen LogP contribution in [-0.2, 0) is 14.6 Å². The highest BCUT2D eigenvalue weighted by Gasteiger charge is 2.36. The smallest absolute Gasteiger partial charge is 0.256 e. The number of sulfone groups is 1. The van der Waals surface area contributed by atoms with Gasteiger partial charge in [0.1, 0.15) is 0 Å². The summed E-state index contributed by atoms with van der Waals surface area (Å²) >= 11 is 10.5. The minimum atomic E-state index is -3.01. The van der Waals surface area contributed by atoms with Crippen LogP contribution in [-0.4, -0.2) is 43.6 Å². The number of nitrogens with one attached hydrogen (secondary N) is 1. The average Bonchev–Trinajstić information content (AvgIpc) is 2.24. The fourth-order valence-corrected chi connectivity index (χ4v) is 3.85. The molecule has 0 bridgehead atoms. The first-order valence-corrected chi connectivity index (χ1v) is 6.30. The fraction of sp³-hybridized carbons (Fsp3) is 0.833. The van der Waals surface area contributed by atoms with E-state index < -0.39 is 15.2 Å². The van der Waals surface area contributed by atoms with E-state index in [9.17, 15) is 8.42 Å². The minimum Gasteiger partial charge on any atom is -0.474 e. The summed E-state index contributed by atoms with van der Waals surface area (Å²) in [5.74, 6) is 0.0171. The Morgan fingerprint density at radius 3 is 2.62 bits per heavy atom. The Kier molecular flexibility index (Phi) is 3.37. The van der Waals surface area contributed by atoms with Crippen LogP contribution in [0.15, 0.2) is 0 Å². The Labute approximate surface area is 87.5 Å². The van der Waals surface area contributed by atoms with Gasteiger partial charge in [-0.25, -0.2) is 8.42 Å². The number of methoxy groups -OCH3 is 1. The van der Waals surface area contributed by atoms with Crippen molar-refractivity contribution in [2.75, 3.05) is 18.6 Å². The van der Waals surface area contributed by atoms with Gasteiger partial charge in [0.15, 0.2) is 9.84 Å². The van der Waals surface area contributed by atoms with Crippen molar-refractivity contribution in [3.05, 3.63) is 0 Å². The van der Waals surface area contributed by atoms with Crippen molar-refractivity contribution in [1.29, 1.82) is 0 Å². The second kappa shape index (κ2) is 3.98. The molecule has 1 aliphatic heterocycles. The Balaban J connectivity index is 2.59. The molecule has 1 N–H and O–H groups in total. The summed E-state index contributed by atoms with van der Waals surface area (Å²) in [5, 5.41) is 2.47. The zero-order valence-electron chi connectivity index (χ0n) is 6.99. The van der Waals surface area contributed by atoms with Crippen molar-refractivity contribution in [3.63, 3.8) is 0 Å². The Hall–Kier alpha value is -0.0700. The molecule has 0 saturated carbocycles. The molecule has 76 valence electrons. The second-order valence-electron chi connectivity index (χ2n) is 2.84. The molecule has 1 heterocycles. The van der Waals surface area contributed by atoms with Gasteiger partial charge in [0.25, 0.3) is 5.17 Å². The van der Waals surface area contributed by atoms with Crippen molar-refractivity contribution in [2.45, 2.75) is 11.4 Å². The van der Waals surface area contributed by atoms with Gasteiger partial charge >= 0.3 is 0 Å². The van der Waals surface area contributed by atoms with E-state index in [0.29, 0.717) is 0 Å². The number of thiocarbonyl (C=S) groups is 1. The molecule has 0 aliphatic carbocycles. The van der Waals surface area contributed by atoms with Gasteiger partial charge in [0.05, 0.1) is 30.0 Å². The first kappa shape index (κ1) is 11.0. The molecule has 4 nitrogen and oxygen atoms in total. The van der Waals surface area contributed by atoms with E-state index in [2.05, 4.69) is 5.32 Å². The third kappa shape index (κ3) is 2.96. The summed E-state index contributed by atoms with van der Waals surface area (Å²) in [6, 6.07) is -0.334. The fourth-order valence-electron chi connectivity index (χ4n) is 1.15. The number of hydrogen-bond acceptors (Lipinski definition) is 4. The van der Waals surface area contributed by atoms with Gasteiger partial charge < -0.3 is 10.1 Å². The lowest BCUT2D eigenvalue weighted by Gasteiger charge is -2.14. The van der Waals surface area contributed by atoms with E-state index in [1.165, 1.54) is 7.11 Å². The predicted octanol–water partition coefficient (Wildman–Crippen LogP) is -0.0883. The minimum absolute atomic E-state index is 0.00144. The van der Waals surface area contributed by atoms with Gasteiger partial charge in [0.2, 0.25) is 0 Å². The van der Waals surface area contributed by atoms with Crippen LogP contribution in [0.2, 0.25) is 0 Å². The van der Waals surface area contributed by atoms with E-state index in [4.69, 9.17) is 28.6 Å². The maximum Gasteiger partial charge on any atom is 0.256 e. The van der Waals surface area contributed by atoms with E-state index in [1.54, 1.807) is 0 Å². The molecular formula is C6H10ClNO3S2. The SMILES string of the molecule is COC(=S)N[C@@H]1CS(=O)(=O)C[C@H]1Cl. The molecule has 0 aromatic heterocycles. The van der Waals surface area contributed by atoms with Crippen LogP contribution in [0.4, 0.5) is 0 Å². The first-order chi connectivity index (χ1) is 5.94. The highest BCUT2D eigenvalue weighted by atomic mass is 35.5. The Morgan fingerprint density at radius 2 is 2.23 bits per heavy atom. The molecular weight excluding hydrogens is 234 g/mol. The summed E-state index contributed by atoms with van der Waals surface area (Å²) < 4.78 is 26.9. The lowest BCUT2D eigenvalue weighted by Crippen LogP contribution is -2.40. The van der Waals surface area contributed by atoms with Crippen LogP contribution in [0.3, 0.4) is 0 Å². The lowest BCUT2D eigenvalue weighted by atomic mass is 10.3. The van der Waals surface area contributed by atoms with Crippen LogP contribution < -0.4 is 5.32 Å². The molecule has 0 aromatic carbocycles. The topological polar surface area (TPSA) is 55.4 Å². The van der Waals surface area contributed by atoms with Crippen molar-refractivity contribution in [2.24, 2.45) is 0 Å². The molecule has 1 fully saturated rings. The van der Waals surface area contributed by atoms with Gasteiger partial charge in [-0.2, -0.15) is 0 Å². The van der Waals surface area contributed by atoms with Crippen molar-refractivity contribution >= 4 is 38.8 Å². The maximum absolute atomic E-state index is 11.1. The third-order valence-corrected chi connectivity index (χ3v) is 4.43. The van der Waals surface area contributed by atoms with Crippen molar-refractivity contribution in [3.8, 4) is 0 Å². The Morgan fingerprint density at radius 1 is 1.62 bits per heavy atom. The molecule has 0 unspecified atom stereocenters. The number of alkyl halides is 1. The zero-order valence-corrected chi connectivity index (χ0v) is 9.38. The van der Waals surface area contributed by atoms with E-state index >= 15 is 0 Å². The second-order valence-corrected chi connectivity index (χ2v) is 5.92. The van der Waals surface area contributed by atoms with Gasteiger partial charge in [-0.1, -0.05) is 0 Å². The third-order valence-electron chi connectivity index (χ3n) is 1.77. The van der Waals surface area contributed by atoms with Gasteiger partial charge in [-0.15, -0.1) is 11.6 Å². The van der Waals surface area contributed by atoms with Crippen LogP contribution in [0.5, 0.6) is 0 Å². The van der Waals surface area contributed by atoms with Gasteiger partial charge in [0, 0.05) is 0 Å².